The van der Waals surface area contributed by atoms with Gasteiger partial charge in [0, 0.05) is 43.3 Å². The summed E-state index contributed by atoms with van der Waals surface area (Å²) in [6, 6.07) is 14.5. The SMILES string of the molecule is CN(C)C(=O)CSc1ccccc1C(=O)Nc1cccc(N2CCCC2=O)c1. The molecule has 1 aliphatic rings. The molecule has 0 atom stereocenters. The number of nitrogens with one attached hydrogen (secondary N) is 1. The topological polar surface area (TPSA) is 69.7 Å². The molecule has 1 aliphatic heterocycles. The molecule has 6 nitrogen and oxygen atoms in total. The number of amides is 3. The number of hydrogen-bond acceptors (Lipinski definition) is 4. The molecular weight excluding hydrogens is 374 g/mol. The Labute approximate surface area is 168 Å². The third kappa shape index (κ3) is 4.72. The first kappa shape index (κ1) is 19.9. The average molecular weight is 398 g/mol. The van der Waals surface area contributed by atoms with Crippen LogP contribution in [0, 0.1) is 0 Å². The van der Waals surface area contributed by atoms with Gasteiger partial charge in [-0.1, -0.05) is 18.2 Å². The molecule has 146 valence electrons. The lowest BCUT2D eigenvalue weighted by molar-refractivity contribution is -0.125. The number of thioether (sulfide) groups is 1. The second kappa shape index (κ2) is 8.93. The van der Waals surface area contributed by atoms with Crippen LogP contribution in [0.1, 0.15) is 23.2 Å². The van der Waals surface area contributed by atoms with Crippen molar-refractivity contribution in [2.75, 3.05) is 36.6 Å². The van der Waals surface area contributed by atoms with Crippen molar-refractivity contribution in [3.8, 4) is 0 Å². The Hall–Kier alpha value is -2.80. The van der Waals surface area contributed by atoms with Crippen LogP contribution in [0.15, 0.2) is 53.4 Å². The first-order chi connectivity index (χ1) is 13.5. The van der Waals surface area contributed by atoms with Crippen LogP contribution in [0.5, 0.6) is 0 Å². The monoisotopic (exact) mass is 397 g/mol. The van der Waals surface area contributed by atoms with Gasteiger partial charge < -0.3 is 15.1 Å². The van der Waals surface area contributed by atoms with Gasteiger partial charge in [0.05, 0.1) is 11.3 Å². The molecule has 0 radical (unpaired) electrons. The summed E-state index contributed by atoms with van der Waals surface area (Å²) in [6.07, 6.45) is 1.42. The van der Waals surface area contributed by atoms with Gasteiger partial charge in [0.2, 0.25) is 11.8 Å². The van der Waals surface area contributed by atoms with Gasteiger partial charge in [0.15, 0.2) is 0 Å². The highest BCUT2D eigenvalue weighted by atomic mass is 32.2. The van der Waals surface area contributed by atoms with Crippen molar-refractivity contribution in [2.24, 2.45) is 0 Å². The smallest absolute Gasteiger partial charge is 0.256 e. The molecule has 3 amide bonds. The lowest BCUT2D eigenvalue weighted by Gasteiger charge is -2.17. The van der Waals surface area contributed by atoms with E-state index in [1.165, 1.54) is 16.7 Å². The lowest BCUT2D eigenvalue weighted by atomic mass is 10.2. The van der Waals surface area contributed by atoms with Gasteiger partial charge in [-0.2, -0.15) is 0 Å². The van der Waals surface area contributed by atoms with Crippen molar-refractivity contribution in [3.05, 3.63) is 54.1 Å². The highest BCUT2D eigenvalue weighted by Crippen LogP contribution is 2.26. The summed E-state index contributed by atoms with van der Waals surface area (Å²) < 4.78 is 0. The fraction of sp³-hybridized carbons (Fsp3) is 0.286. The molecule has 28 heavy (non-hydrogen) atoms. The third-order valence-corrected chi connectivity index (χ3v) is 5.53. The highest BCUT2D eigenvalue weighted by molar-refractivity contribution is 8.00. The second-order valence-corrected chi connectivity index (χ2v) is 7.74. The van der Waals surface area contributed by atoms with E-state index in [4.69, 9.17) is 0 Å². The molecular formula is C21H23N3O3S. The van der Waals surface area contributed by atoms with Gasteiger partial charge in [-0.25, -0.2) is 0 Å². The largest absolute Gasteiger partial charge is 0.348 e. The summed E-state index contributed by atoms with van der Waals surface area (Å²) in [4.78, 5) is 40.6. The summed E-state index contributed by atoms with van der Waals surface area (Å²) >= 11 is 1.34. The summed E-state index contributed by atoms with van der Waals surface area (Å²) in [5.41, 5.74) is 1.94. The van der Waals surface area contributed by atoms with Crippen LogP contribution in [0.25, 0.3) is 0 Å². The zero-order valence-electron chi connectivity index (χ0n) is 16.0. The van der Waals surface area contributed by atoms with E-state index in [2.05, 4.69) is 5.32 Å². The first-order valence-electron chi connectivity index (χ1n) is 9.09. The van der Waals surface area contributed by atoms with Gasteiger partial charge >= 0.3 is 0 Å². The predicted molar refractivity (Wildman–Crippen MR) is 112 cm³/mol. The maximum absolute atomic E-state index is 12.8. The lowest BCUT2D eigenvalue weighted by Crippen LogP contribution is -2.24. The molecule has 1 saturated heterocycles. The van der Waals surface area contributed by atoms with E-state index in [1.807, 2.05) is 30.3 Å². The zero-order chi connectivity index (χ0) is 20.1. The van der Waals surface area contributed by atoms with E-state index < -0.39 is 0 Å². The first-order valence-corrected chi connectivity index (χ1v) is 10.1. The Kier molecular flexibility index (Phi) is 6.36. The molecule has 0 aliphatic carbocycles. The summed E-state index contributed by atoms with van der Waals surface area (Å²) in [5, 5.41) is 2.90. The number of carbonyl (C=O) groups excluding carboxylic acids is 3. The molecule has 2 aromatic carbocycles. The summed E-state index contributed by atoms with van der Waals surface area (Å²) in [7, 11) is 3.42. The molecule has 2 aromatic rings. The highest BCUT2D eigenvalue weighted by Gasteiger charge is 2.22. The van der Waals surface area contributed by atoms with Crippen molar-refractivity contribution in [2.45, 2.75) is 17.7 Å². The van der Waals surface area contributed by atoms with Gasteiger partial charge in [0.1, 0.15) is 0 Å². The van der Waals surface area contributed by atoms with Gasteiger partial charge in [-0.05, 0) is 36.8 Å². The molecule has 7 heteroatoms. The normalized spacial score (nSPS) is 13.5. The molecule has 0 saturated carbocycles. The van der Waals surface area contributed by atoms with Crippen LogP contribution in [-0.2, 0) is 9.59 Å². The number of benzene rings is 2. The maximum Gasteiger partial charge on any atom is 0.256 e. The van der Waals surface area contributed by atoms with Crippen molar-refractivity contribution in [1.29, 1.82) is 0 Å². The Bertz CT molecular complexity index is 898. The van der Waals surface area contributed by atoms with Crippen LogP contribution in [0.3, 0.4) is 0 Å². The van der Waals surface area contributed by atoms with E-state index in [0.29, 0.717) is 24.2 Å². The fourth-order valence-electron chi connectivity index (χ4n) is 2.92. The molecule has 0 unspecified atom stereocenters. The molecule has 0 bridgehead atoms. The van der Waals surface area contributed by atoms with Gasteiger partial charge in [-0.15, -0.1) is 11.8 Å². The van der Waals surface area contributed by atoms with Crippen LogP contribution in [0.4, 0.5) is 11.4 Å². The van der Waals surface area contributed by atoms with Crippen molar-refractivity contribution < 1.29 is 14.4 Å². The van der Waals surface area contributed by atoms with E-state index >= 15 is 0 Å². The summed E-state index contributed by atoms with van der Waals surface area (Å²) in [6.45, 7) is 0.704. The Morgan fingerprint density at radius 1 is 1.14 bits per heavy atom. The minimum absolute atomic E-state index is 0.0109. The van der Waals surface area contributed by atoms with Crippen molar-refractivity contribution >= 4 is 40.9 Å². The number of rotatable bonds is 6. The van der Waals surface area contributed by atoms with E-state index in [9.17, 15) is 14.4 Å². The Morgan fingerprint density at radius 3 is 2.64 bits per heavy atom. The fourth-order valence-corrected chi connectivity index (χ4v) is 3.95. The predicted octanol–water partition coefficient (Wildman–Crippen LogP) is 3.25. The Balaban J connectivity index is 1.73. The average Bonchev–Trinajstić information content (AvgIpc) is 3.12. The van der Waals surface area contributed by atoms with Crippen LogP contribution in [0.2, 0.25) is 0 Å². The zero-order valence-corrected chi connectivity index (χ0v) is 16.8. The van der Waals surface area contributed by atoms with Crippen LogP contribution >= 0.6 is 11.8 Å². The minimum atomic E-state index is -0.245. The summed E-state index contributed by atoms with van der Waals surface area (Å²) in [5.74, 6) is 0.119. The van der Waals surface area contributed by atoms with Crippen molar-refractivity contribution in [1.82, 2.24) is 4.90 Å². The molecule has 1 N–H and O–H groups in total. The van der Waals surface area contributed by atoms with E-state index in [-0.39, 0.29) is 23.5 Å². The van der Waals surface area contributed by atoms with Crippen LogP contribution in [-0.4, -0.2) is 49.0 Å². The molecule has 1 heterocycles. The number of hydrogen-bond donors (Lipinski definition) is 1. The molecule has 0 spiro atoms. The standard InChI is InChI=1S/C21H23N3O3S/c1-23(2)20(26)14-28-18-10-4-3-9-17(18)21(27)22-15-7-5-8-16(13-15)24-12-6-11-19(24)25/h3-5,7-10,13H,6,11-12,14H2,1-2H3,(H,22,27). The number of carbonyl (C=O) groups is 3. The van der Waals surface area contributed by atoms with Crippen molar-refractivity contribution in [3.63, 3.8) is 0 Å². The third-order valence-electron chi connectivity index (χ3n) is 4.47. The minimum Gasteiger partial charge on any atom is -0.348 e. The van der Waals surface area contributed by atoms with E-state index in [1.54, 1.807) is 37.2 Å². The van der Waals surface area contributed by atoms with Crippen LogP contribution < -0.4 is 10.2 Å². The Morgan fingerprint density at radius 2 is 1.93 bits per heavy atom. The second-order valence-electron chi connectivity index (χ2n) is 6.73. The van der Waals surface area contributed by atoms with E-state index in [0.717, 1.165) is 17.0 Å². The molecule has 1 fully saturated rings. The quantitative estimate of drug-likeness (QED) is 0.760. The van der Waals surface area contributed by atoms with Gasteiger partial charge in [-0.3, -0.25) is 14.4 Å². The van der Waals surface area contributed by atoms with Gasteiger partial charge in [0.25, 0.3) is 5.91 Å². The maximum atomic E-state index is 12.8. The molecule has 3 rings (SSSR count). The number of anilines is 2. The number of nitrogens with zero attached hydrogens (tertiary/aromatic N) is 2. The molecule has 0 aromatic heterocycles.